The molecule has 0 aliphatic carbocycles. The van der Waals surface area contributed by atoms with E-state index >= 15 is 0 Å². The SMILES string of the molecule is CCCCCCCC/C=C/CCCCCCCC(=O)Nc1ccn(/C=C/[C@@H](O)C(COP(=O)(N[C@@H](CC(C)C)C(=O)OC)N[C@@H](CC(C)C)C(=O)OC)OC)c(=O)n1. The van der Waals surface area contributed by atoms with Gasteiger partial charge >= 0.3 is 25.3 Å². The number of nitrogens with zero attached hydrogens (tertiary/aromatic N) is 2. The number of ether oxygens (including phenoxy) is 3. The number of aromatic nitrogens is 2. The molecule has 4 N–H and O–H groups in total. The molecular weight excluding hydrogens is 765 g/mol. The summed E-state index contributed by atoms with van der Waals surface area (Å²) >= 11 is 0. The summed E-state index contributed by atoms with van der Waals surface area (Å²) < 4.78 is 36.5. The highest BCUT2D eigenvalue weighted by atomic mass is 31.2. The van der Waals surface area contributed by atoms with Gasteiger partial charge in [-0.25, -0.2) is 15.0 Å². The molecule has 1 aromatic heterocycles. The Labute approximate surface area is 347 Å². The van der Waals surface area contributed by atoms with Gasteiger partial charge in [0.2, 0.25) is 5.91 Å². The van der Waals surface area contributed by atoms with E-state index < -0.39 is 56.2 Å². The highest BCUT2D eigenvalue weighted by Gasteiger charge is 2.37. The number of methoxy groups -OCH3 is 3. The largest absolute Gasteiger partial charge is 0.468 e. The van der Waals surface area contributed by atoms with Crippen LogP contribution in [0.1, 0.15) is 137 Å². The zero-order valence-corrected chi connectivity index (χ0v) is 37.3. The number of unbranched alkanes of at least 4 members (excludes halogenated alkanes) is 11. The van der Waals surface area contributed by atoms with E-state index in [0.29, 0.717) is 6.42 Å². The molecule has 58 heavy (non-hydrogen) atoms. The van der Waals surface area contributed by atoms with Gasteiger partial charge in [0, 0.05) is 25.9 Å². The van der Waals surface area contributed by atoms with Crippen LogP contribution in [0.4, 0.5) is 5.82 Å². The Balaban J connectivity index is 2.74. The quantitative estimate of drug-likeness (QED) is 0.0235. The minimum atomic E-state index is -4.23. The number of anilines is 1. The van der Waals surface area contributed by atoms with E-state index in [9.17, 15) is 28.8 Å². The van der Waals surface area contributed by atoms with Crippen molar-refractivity contribution in [2.45, 2.75) is 162 Å². The number of aliphatic hydroxyl groups is 1. The van der Waals surface area contributed by atoms with Crippen molar-refractivity contribution in [2.24, 2.45) is 11.8 Å². The highest BCUT2D eigenvalue weighted by Crippen LogP contribution is 2.41. The number of aliphatic hydroxyl groups excluding tert-OH is 1. The summed E-state index contributed by atoms with van der Waals surface area (Å²) in [6.07, 6.45) is 22.1. The molecular formula is C42H74N5O10P. The predicted molar refractivity (Wildman–Crippen MR) is 229 cm³/mol. The van der Waals surface area contributed by atoms with Crippen molar-refractivity contribution >= 4 is 37.5 Å². The summed E-state index contributed by atoms with van der Waals surface area (Å²) in [5, 5.41) is 19.1. The number of hydrogen-bond donors (Lipinski definition) is 4. The lowest BCUT2D eigenvalue weighted by molar-refractivity contribution is -0.143. The average Bonchev–Trinajstić information content (AvgIpc) is 3.17. The van der Waals surface area contributed by atoms with Gasteiger partial charge in [0.15, 0.2) is 0 Å². The molecule has 0 aliphatic rings. The van der Waals surface area contributed by atoms with Gasteiger partial charge in [0.1, 0.15) is 30.1 Å². The Morgan fingerprint density at radius 1 is 0.828 bits per heavy atom. The molecule has 0 aromatic carbocycles. The van der Waals surface area contributed by atoms with Crippen LogP contribution >= 0.6 is 7.67 Å². The third-order valence-corrected chi connectivity index (χ3v) is 11.2. The molecule has 0 radical (unpaired) electrons. The van der Waals surface area contributed by atoms with Gasteiger partial charge in [-0.2, -0.15) is 4.98 Å². The van der Waals surface area contributed by atoms with E-state index in [0.717, 1.165) is 43.1 Å². The molecule has 0 spiro atoms. The van der Waals surface area contributed by atoms with Crippen LogP contribution in [0.15, 0.2) is 35.3 Å². The standard InChI is InChI=1S/C42H74N5O10P/c1-9-10-11-12-13-14-15-16-17-18-19-20-21-22-23-24-39(49)43-38-26-28-47(42(52)44-38)27-25-36(48)37(54-6)31-57-58(53,45-34(29-32(2)3)40(50)55-7)46-35(30-33(4)5)41(51)56-8/h16-17,25-28,32-37,48H,9-15,18-24,29-31H2,1-8H3,(H2,45,46,53)(H,43,44,49,52)/b17-16+,27-25+/t34-,35-,36+,37?/m0/s1. The first kappa shape index (κ1) is 52.8. The van der Waals surface area contributed by atoms with Gasteiger partial charge < -0.3 is 29.2 Å². The van der Waals surface area contributed by atoms with E-state index in [1.807, 2.05) is 27.7 Å². The second-order valence-electron chi connectivity index (χ2n) is 15.5. The maximum Gasteiger partial charge on any atom is 0.353 e. The fourth-order valence-corrected chi connectivity index (χ4v) is 7.92. The second kappa shape index (κ2) is 30.8. The summed E-state index contributed by atoms with van der Waals surface area (Å²) in [4.78, 5) is 54.4. The summed E-state index contributed by atoms with van der Waals surface area (Å²) in [5.41, 5.74) is -0.691. The van der Waals surface area contributed by atoms with Crippen molar-refractivity contribution in [1.82, 2.24) is 19.7 Å². The zero-order valence-electron chi connectivity index (χ0n) is 36.4. The zero-order chi connectivity index (χ0) is 43.3. The van der Waals surface area contributed by atoms with Crippen LogP contribution in [-0.2, 0) is 37.7 Å². The summed E-state index contributed by atoms with van der Waals surface area (Å²) in [6, 6.07) is -0.624. The maximum atomic E-state index is 14.3. The van der Waals surface area contributed by atoms with Crippen LogP contribution in [0.3, 0.4) is 0 Å². The molecule has 0 saturated heterocycles. The molecule has 4 atom stereocenters. The molecule has 15 nitrogen and oxygen atoms in total. The molecule has 1 amide bonds. The van der Waals surface area contributed by atoms with Crippen LogP contribution in [0.25, 0.3) is 6.20 Å². The smallest absolute Gasteiger partial charge is 0.353 e. The Morgan fingerprint density at radius 3 is 1.83 bits per heavy atom. The molecule has 1 heterocycles. The number of allylic oxidation sites excluding steroid dienone is 2. The Hall–Kier alpha value is -3.20. The lowest BCUT2D eigenvalue weighted by Gasteiger charge is -2.30. The third-order valence-electron chi connectivity index (χ3n) is 9.35. The highest BCUT2D eigenvalue weighted by molar-refractivity contribution is 7.54. The van der Waals surface area contributed by atoms with E-state index in [1.165, 1.54) is 90.8 Å². The lowest BCUT2D eigenvalue weighted by atomic mass is 10.1. The normalized spacial score (nSPS) is 14.3. The molecule has 16 heteroatoms. The minimum absolute atomic E-state index is 0.000954. The Morgan fingerprint density at radius 2 is 1.34 bits per heavy atom. The number of carbonyl (C=O) groups excluding carboxylic acids is 3. The first-order valence-electron chi connectivity index (χ1n) is 21.1. The number of amides is 1. The number of esters is 2. The lowest BCUT2D eigenvalue weighted by Crippen LogP contribution is -2.46. The second-order valence-corrected chi connectivity index (χ2v) is 17.4. The number of hydrogen-bond acceptors (Lipinski definition) is 11. The summed E-state index contributed by atoms with van der Waals surface area (Å²) in [7, 11) is -0.498. The van der Waals surface area contributed by atoms with Crippen LogP contribution in [0, 0.1) is 11.8 Å². The van der Waals surface area contributed by atoms with Crippen molar-refractivity contribution in [1.29, 1.82) is 0 Å². The molecule has 0 fully saturated rings. The van der Waals surface area contributed by atoms with Gasteiger partial charge in [-0.3, -0.25) is 23.5 Å². The van der Waals surface area contributed by atoms with Crippen molar-refractivity contribution in [2.75, 3.05) is 33.3 Å². The molecule has 0 bridgehead atoms. The first-order chi connectivity index (χ1) is 27.7. The van der Waals surface area contributed by atoms with E-state index in [1.54, 1.807) is 0 Å². The van der Waals surface area contributed by atoms with Crippen molar-refractivity contribution in [3.63, 3.8) is 0 Å². The minimum Gasteiger partial charge on any atom is -0.468 e. The van der Waals surface area contributed by atoms with E-state index in [4.69, 9.17) is 18.7 Å². The van der Waals surface area contributed by atoms with Gasteiger partial charge in [0.05, 0.1) is 20.8 Å². The van der Waals surface area contributed by atoms with Gasteiger partial charge in [-0.05, 0) is 68.9 Å². The molecule has 1 aromatic rings. The number of nitrogens with one attached hydrogen (secondary N) is 3. The molecule has 0 saturated carbocycles. The van der Waals surface area contributed by atoms with Crippen molar-refractivity contribution < 1.29 is 42.8 Å². The van der Waals surface area contributed by atoms with Crippen LogP contribution in [0.2, 0.25) is 0 Å². The molecule has 0 aliphatic heterocycles. The van der Waals surface area contributed by atoms with Crippen LogP contribution in [-0.4, -0.2) is 84.7 Å². The molecule has 332 valence electrons. The van der Waals surface area contributed by atoms with Crippen molar-refractivity contribution in [3.05, 3.63) is 41.0 Å². The van der Waals surface area contributed by atoms with E-state index in [2.05, 4.69) is 39.6 Å². The maximum absolute atomic E-state index is 14.3. The summed E-state index contributed by atoms with van der Waals surface area (Å²) in [5.74, 6) is -1.44. The first-order valence-corrected chi connectivity index (χ1v) is 22.7. The number of rotatable bonds is 33. The Kier molecular flexibility index (Phi) is 28.0. The number of carbonyl (C=O) groups is 3. The van der Waals surface area contributed by atoms with Crippen molar-refractivity contribution in [3.8, 4) is 0 Å². The van der Waals surface area contributed by atoms with Crippen LogP contribution < -0.4 is 21.2 Å². The third kappa shape index (κ3) is 23.4. The summed E-state index contributed by atoms with van der Waals surface area (Å²) in [6.45, 7) is 9.29. The molecule has 1 unspecified atom stereocenters. The predicted octanol–water partition coefficient (Wildman–Crippen LogP) is 7.55. The molecule has 1 rings (SSSR count). The van der Waals surface area contributed by atoms with Gasteiger partial charge in [-0.15, -0.1) is 0 Å². The van der Waals surface area contributed by atoms with Gasteiger partial charge in [-0.1, -0.05) is 98.1 Å². The Bertz CT molecular complexity index is 1450. The average molecular weight is 840 g/mol. The van der Waals surface area contributed by atoms with Crippen LogP contribution in [0.5, 0.6) is 0 Å². The van der Waals surface area contributed by atoms with E-state index in [-0.39, 0.29) is 36.4 Å². The van der Waals surface area contributed by atoms with Gasteiger partial charge in [0.25, 0.3) is 0 Å². The fraction of sp³-hybridized carbons (Fsp3) is 0.738. The monoisotopic (exact) mass is 840 g/mol. The fourth-order valence-electron chi connectivity index (χ4n) is 6.10. The topological polar surface area (TPSA) is 196 Å².